The minimum atomic E-state index is -0.180. The van der Waals surface area contributed by atoms with Crippen LogP contribution in [-0.4, -0.2) is 12.5 Å². The van der Waals surface area contributed by atoms with E-state index >= 15 is 0 Å². The number of ether oxygens (including phenoxy) is 1. The average Bonchev–Trinajstić information content (AvgIpc) is 2.47. The van der Waals surface area contributed by atoms with E-state index in [4.69, 9.17) is 4.74 Å². The molecule has 0 spiro atoms. The average molecular weight is 390 g/mol. The third-order valence-corrected chi connectivity index (χ3v) is 4.36. The van der Waals surface area contributed by atoms with Crippen molar-refractivity contribution >= 4 is 27.5 Å². The second-order valence-electron chi connectivity index (χ2n) is 7.07. The van der Waals surface area contributed by atoms with Crippen LogP contribution in [0.2, 0.25) is 0 Å². The van der Waals surface area contributed by atoms with Crippen molar-refractivity contribution in [2.24, 2.45) is 0 Å². The molecule has 0 unspecified atom stereocenters. The molecule has 128 valence electrons. The van der Waals surface area contributed by atoms with Gasteiger partial charge in [-0.3, -0.25) is 4.79 Å². The molecule has 0 atom stereocenters. The third-order valence-electron chi connectivity index (χ3n) is 3.70. The molecule has 1 N–H and O–H groups in total. The van der Waals surface area contributed by atoms with Gasteiger partial charge in [0.2, 0.25) is 0 Å². The topological polar surface area (TPSA) is 38.3 Å². The molecule has 0 aliphatic heterocycles. The van der Waals surface area contributed by atoms with Crippen molar-refractivity contribution in [1.82, 2.24) is 0 Å². The van der Waals surface area contributed by atoms with E-state index in [-0.39, 0.29) is 17.9 Å². The molecule has 0 saturated carbocycles. The van der Waals surface area contributed by atoms with Gasteiger partial charge in [-0.15, -0.1) is 0 Å². The summed E-state index contributed by atoms with van der Waals surface area (Å²) in [6.07, 6.45) is 0. The van der Waals surface area contributed by atoms with Gasteiger partial charge in [-0.05, 0) is 70.1 Å². The Morgan fingerprint density at radius 3 is 2.33 bits per heavy atom. The highest BCUT2D eigenvalue weighted by atomic mass is 79.9. The normalized spacial score (nSPS) is 11.2. The van der Waals surface area contributed by atoms with Crippen LogP contribution in [0, 0.1) is 13.8 Å². The minimum Gasteiger partial charge on any atom is -0.483 e. The Labute approximate surface area is 152 Å². The van der Waals surface area contributed by atoms with Gasteiger partial charge >= 0.3 is 0 Å². The van der Waals surface area contributed by atoms with Crippen molar-refractivity contribution in [3.8, 4) is 5.75 Å². The Morgan fingerprint density at radius 2 is 1.71 bits per heavy atom. The van der Waals surface area contributed by atoms with Gasteiger partial charge in [0.1, 0.15) is 5.75 Å². The summed E-state index contributed by atoms with van der Waals surface area (Å²) in [7, 11) is 0. The molecule has 0 aliphatic rings. The number of rotatable bonds is 4. The minimum absolute atomic E-state index is 0.0210. The third kappa shape index (κ3) is 4.84. The smallest absolute Gasteiger partial charge is 0.262 e. The van der Waals surface area contributed by atoms with Gasteiger partial charge in [-0.25, -0.2) is 0 Å². The van der Waals surface area contributed by atoms with Crippen molar-refractivity contribution in [2.45, 2.75) is 40.0 Å². The van der Waals surface area contributed by atoms with E-state index in [0.717, 1.165) is 32.6 Å². The van der Waals surface area contributed by atoms with Crippen molar-refractivity contribution in [2.75, 3.05) is 11.9 Å². The Hall–Kier alpha value is -1.81. The first-order chi connectivity index (χ1) is 11.2. The standard InChI is InChI=1S/C20H24BrNO2/c1-13-7-9-17(16(21)10-13)22-19(23)12-24-18-11-14(2)6-8-15(18)20(3,4)5/h6-11H,12H2,1-5H3,(H,22,23). The quantitative estimate of drug-likeness (QED) is 0.761. The Bertz CT molecular complexity index is 748. The molecule has 3 nitrogen and oxygen atoms in total. The summed E-state index contributed by atoms with van der Waals surface area (Å²) in [5, 5.41) is 2.87. The van der Waals surface area contributed by atoms with Gasteiger partial charge in [0, 0.05) is 4.47 Å². The SMILES string of the molecule is Cc1ccc(NC(=O)COc2cc(C)ccc2C(C)(C)C)c(Br)c1. The summed E-state index contributed by atoms with van der Waals surface area (Å²) in [6.45, 7) is 10.4. The molecule has 1 amide bonds. The van der Waals surface area contributed by atoms with E-state index in [1.165, 1.54) is 0 Å². The van der Waals surface area contributed by atoms with E-state index in [0.29, 0.717) is 0 Å². The molecule has 2 rings (SSSR count). The van der Waals surface area contributed by atoms with Crippen LogP contribution < -0.4 is 10.1 Å². The molecule has 2 aromatic rings. The summed E-state index contributed by atoms with van der Waals surface area (Å²) in [5.41, 5.74) is 4.04. The van der Waals surface area contributed by atoms with Crippen molar-refractivity contribution in [1.29, 1.82) is 0 Å². The fourth-order valence-electron chi connectivity index (χ4n) is 2.42. The lowest BCUT2D eigenvalue weighted by Crippen LogP contribution is -2.22. The molecule has 0 bridgehead atoms. The maximum Gasteiger partial charge on any atom is 0.262 e. The zero-order valence-corrected chi connectivity index (χ0v) is 16.5. The molecule has 2 aromatic carbocycles. The molecule has 0 fully saturated rings. The van der Waals surface area contributed by atoms with E-state index in [1.54, 1.807) is 0 Å². The predicted molar refractivity (Wildman–Crippen MR) is 103 cm³/mol. The lowest BCUT2D eigenvalue weighted by molar-refractivity contribution is -0.118. The van der Waals surface area contributed by atoms with E-state index in [9.17, 15) is 4.79 Å². The zero-order chi connectivity index (χ0) is 17.9. The monoisotopic (exact) mass is 389 g/mol. The van der Waals surface area contributed by atoms with Gasteiger partial charge < -0.3 is 10.1 Å². The number of benzene rings is 2. The summed E-state index contributed by atoms with van der Waals surface area (Å²) in [4.78, 5) is 12.2. The molecular weight excluding hydrogens is 366 g/mol. The lowest BCUT2D eigenvalue weighted by Gasteiger charge is -2.23. The van der Waals surface area contributed by atoms with E-state index < -0.39 is 0 Å². The Balaban J connectivity index is 2.08. The van der Waals surface area contributed by atoms with Crippen LogP contribution in [0.3, 0.4) is 0 Å². The maximum atomic E-state index is 12.2. The van der Waals surface area contributed by atoms with Crippen molar-refractivity contribution in [3.05, 3.63) is 57.6 Å². The number of amides is 1. The largest absolute Gasteiger partial charge is 0.483 e. The molecule has 0 radical (unpaired) electrons. The van der Waals surface area contributed by atoms with Crippen molar-refractivity contribution in [3.63, 3.8) is 0 Å². The molecule has 4 heteroatoms. The lowest BCUT2D eigenvalue weighted by atomic mass is 9.86. The molecule has 0 aromatic heterocycles. The Kier molecular flexibility index (Phi) is 5.70. The van der Waals surface area contributed by atoms with Crippen LogP contribution in [-0.2, 0) is 10.2 Å². The van der Waals surface area contributed by atoms with Crippen LogP contribution in [0.1, 0.15) is 37.5 Å². The molecule has 0 aliphatic carbocycles. The van der Waals surface area contributed by atoms with Crippen LogP contribution in [0.5, 0.6) is 5.75 Å². The zero-order valence-electron chi connectivity index (χ0n) is 14.9. The summed E-state index contributed by atoms with van der Waals surface area (Å²) >= 11 is 3.46. The number of hydrogen-bond acceptors (Lipinski definition) is 2. The number of carbonyl (C=O) groups excluding carboxylic acids is 1. The number of carbonyl (C=O) groups is 1. The van der Waals surface area contributed by atoms with Gasteiger partial charge in [0.15, 0.2) is 6.61 Å². The number of nitrogens with one attached hydrogen (secondary N) is 1. The van der Waals surface area contributed by atoms with Crippen LogP contribution in [0.4, 0.5) is 5.69 Å². The van der Waals surface area contributed by atoms with Gasteiger partial charge in [-0.2, -0.15) is 0 Å². The van der Waals surface area contributed by atoms with E-state index in [2.05, 4.69) is 54.2 Å². The molecule has 0 heterocycles. The van der Waals surface area contributed by atoms with Crippen molar-refractivity contribution < 1.29 is 9.53 Å². The second kappa shape index (κ2) is 7.39. The summed E-state index contributed by atoms with van der Waals surface area (Å²) in [6, 6.07) is 11.9. The molecule has 24 heavy (non-hydrogen) atoms. The predicted octanol–water partition coefficient (Wildman–Crippen LogP) is 5.38. The maximum absolute atomic E-state index is 12.2. The van der Waals surface area contributed by atoms with Crippen LogP contribution in [0.15, 0.2) is 40.9 Å². The van der Waals surface area contributed by atoms with Gasteiger partial charge in [0.05, 0.1) is 5.69 Å². The fourth-order valence-corrected chi connectivity index (χ4v) is 3.01. The first-order valence-electron chi connectivity index (χ1n) is 7.97. The highest BCUT2D eigenvalue weighted by Crippen LogP contribution is 2.32. The molecule has 0 saturated heterocycles. The van der Waals surface area contributed by atoms with Crippen LogP contribution in [0.25, 0.3) is 0 Å². The summed E-state index contributed by atoms with van der Waals surface area (Å²) in [5.74, 6) is 0.585. The first-order valence-corrected chi connectivity index (χ1v) is 8.76. The van der Waals surface area contributed by atoms with E-state index in [1.807, 2.05) is 38.1 Å². The number of hydrogen-bond donors (Lipinski definition) is 1. The highest BCUT2D eigenvalue weighted by molar-refractivity contribution is 9.10. The first kappa shape index (κ1) is 18.5. The fraction of sp³-hybridized carbons (Fsp3) is 0.350. The Morgan fingerprint density at radius 1 is 1.08 bits per heavy atom. The molecular formula is C20H24BrNO2. The van der Waals surface area contributed by atoms with Crippen LogP contribution >= 0.6 is 15.9 Å². The second-order valence-corrected chi connectivity index (χ2v) is 7.92. The summed E-state index contributed by atoms with van der Waals surface area (Å²) < 4.78 is 6.68. The number of aryl methyl sites for hydroxylation is 2. The highest BCUT2D eigenvalue weighted by Gasteiger charge is 2.19. The number of halogens is 1. The van der Waals surface area contributed by atoms with Gasteiger partial charge in [0.25, 0.3) is 5.91 Å². The van der Waals surface area contributed by atoms with Gasteiger partial charge in [-0.1, -0.05) is 39.0 Å². The number of anilines is 1.